The summed E-state index contributed by atoms with van der Waals surface area (Å²) in [6.07, 6.45) is -2.06. The second-order valence-corrected chi connectivity index (χ2v) is 6.67. The van der Waals surface area contributed by atoms with Gasteiger partial charge in [0.05, 0.1) is 5.56 Å². The standard InChI is InChI=1S/C20H25F3N4O.HI/c1-2-25-19(27-12-4-6-16(14-27)13-18(24)28)26-11-3-5-15-7-9-17(10-8-15)20(21,22)23;/h7-10,16H,2,4,6,11-14H2,1H3,(H2,24,28)(H,25,26);1H. The van der Waals surface area contributed by atoms with Gasteiger partial charge in [0.15, 0.2) is 5.96 Å². The molecule has 29 heavy (non-hydrogen) atoms. The van der Waals surface area contributed by atoms with Crippen LogP contribution in [0.3, 0.4) is 0 Å². The number of nitrogens with zero attached hydrogens (tertiary/aromatic N) is 2. The second-order valence-electron chi connectivity index (χ2n) is 6.67. The molecule has 0 saturated carbocycles. The Kier molecular flexibility index (Phi) is 10.3. The maximum atomic E-state index is 12.6. The maximum Gasteiger partial charge on any atom is 0.416 e. The summed E-state index contributed by atoms with van der Waals surface area (Å²) in [6.45, 7) is 4.44. The van der Waals surface area contributed by atoms with Gasteiger partial charge in [-0.2, -0.15) is 13.2 Å². The molecule has 1 atom stereocenters. The van der Waals surface area contributed by atoms with Crippen molar-refractivity contribution in [2.45, 2.75) is 32.4 Å². The molecule has 1 heterocycles. The van der Waals surface area contributed by atoms with Crippen LogP contribution in [0.15, 0.2) is 29.3 Å². The van der Waals surface area contributed by atoms with E-state index in [2.05, 4.69) is 27.0 Å². The normalized spacial score (nSPS) is 17.0. The predicted molar refractivity (Wildman–Crippen MR) is 118 cm³/mol. The van der Waals surface area contributed by atoms with Crippen molar-refractivity contribution in [1.29, 1.82) is 0 Å². The van der Waals surface area contributed by atoms with Crippen LogP contribution < -0.4 is 11.1 Å². The van der Waals surface area contributed by atoms with E-state index in [0.29, 0.717) is 25.1 Å². The Bertz CT molecular complexity index is 754. The first-order valence-electron chi connectivity index (χ1n) is 9.27. The Morgan fingerprint density at radius 1 is 1.34 bits per heavy atom. The van der Waals surface area contributed by atoms with Gasteiger partial charge in [-0.15, -0.1) is 24.0 Å². The lowest BCUT2D eigenvalue weighted by molar-refractivity contribution is -0.137. The molecule has 0 aromatic heterocycles. The summed E-state index contributed by atoms with van der Waals surface area (Å²) >= 11 is 0. The number of primary amides is 1. The molecule has 5 nitrogen and oxygen atoms in total. The SMILES string of the molecule is CCNC(=NCC#Cc1ccc(C(F)(F)F)cc1)N1CCCC(CC(N)=O)C1.I. The molecule has 1 fully saturated rings. The van der Waals surface area contributed by atoms with Gasteiger partial charge in [0.2, 0.25) is 5.91 Å². The van der Waals surface area contributed by atoms with Crippen molar-refractivity contribution in [3.05, 3.63) is 35.4 Å². The van der Waals surface area contributed by atoms with E-state index in [0.717, 1.165) is 37.5 Å². The highest BCUT2D eigenvalue weighted by molar-refractivity contribution is 14.0. The van der Waals surface area contributed by atoms with Crippen LogP contribution in [0.2, 0.25) is 0 Å². The molecular formula is C20H26F3IN4O. The number of rotatable bonds is 4. The number of halogens is 4. The van der Waals surface area contributed by atoms with E-state index in [4.69, 9.17) is 5.73 Å². The highest BCUT2D eigenvalue weighted by atomic mass is 127. The van der Waals surface area contributed by atoms with Crippen LogP contribution >= 0.6 is 24.0 Å². The fourth-order valence-corrected chi connectivity index (χ4v) is 3.13. The van der Waals surface area contributed by atoms with Gasteiger partial charge in [0, 0.05) is 31.6 Å². The maximum absolute atomic E-state index is 12.6. The van der Waals surface area contributed by atoms with Crippen molar-refractivity contribution in [1.82, 2.24) is 10.2 Å². The zero-order chi connectivity index (χ0) is 20.6. The summed E-state index contributed by atoms with van der Waals surface area (Å²) in [4.78, 5) is 17.8. The van der Waals surface area contributed by atoms with E-state index in [9.17, 15) is 18.0 Å². The molecule has 0 aliphatic carbocycles. The number of aliphatic imine (C=N–C) groups is 1. The first-order chi connectivity index (χ1) is 13.3. The van der Waals surface area contributed by atoms with E-state index < -0.39 is 11.7 Å². The highest BCUT2D eigenvalue weighted by Crippen LogP contribution is 2.28. The average molecular weight is 522 g/mol. The van der Waals surface area contributed by atoms with Gasteiger partial charge >= 0.3 is 6.18 Å². The molecular weight excluding hydrogens is 496 g/mol. The molecule has 1 aromatic carbocycles. The monoisotopic (exact) mass is 522 g/mol. The zero-order valence-electron chi connectivity index (χ0n) is 16.3. The number of hydrogen-bond donors (Lipinski definition) is 2. The molecule has 0 spiro atoms. The lowest BCUT2D eigenvalue weighted by Crippen LogP contribution is -2.47. The number of carbonyl (C=O) groups is 1. The zero-order valence-corrected chi connectivity index (χ0v) is 18.6. The number of carbonyl (C=O) groups excluding carboxylic acids is 1. The molecule has 0 bridgehead atoms. The molecule has 3 N–H and O–H groups in total. The summed E-state index contributed by atoms with van der Waals surface area (Å²) in [5.74, 6) is 6.34. The number of guanidine groups is 1. The molecule has 160 valence electrons. The molecule has 1 aliphatic rings. The molecule has 2 rings (SSSR count). The quantitative estimate of drug-likeness (QED) is 0.276. The van der Waals surface area contributed by atoms with Crippen molar-refractivity contribution in [2.24, 2.45) is 16.6 Å². The van der Waals surface area contributed by atoms with Crippen LogP contribution in [0.25, 0.3) is 0 Å². The fourth-order valence-electron chi connectivity index (χ4n) is 3.13. The molecule has 0 radical (unpaired) electrons. The van der Waals surface area contributed by atoms with Crippen LogP contribution in [0.5, 0.6) is 0 Å². The van der Waals surface area contributed by atoms with Crippen molar-refractivity contribution >= 4 is 35.8 Å². The Morgan fingerprint density at radius 3 is 2.62 bits per heavy atom. The number of piperidine rings is 1. The minimum atomic E-state index is -4.35. The Labute approximate surface area is 186 Å². The lowest BCUT2D eigenvalue weighted by atomic mass is 9.95. The molecule has 1 unspecified atom stereocenters. The van der Waals surface area contributed by atoms with Gasteiger partial charge in [-0.05, 0) is 49.9 Å². The van der Waals surface area contributed by atoms with Crippen molar-refractivity contribution in [2.75, 3.05) is 26.2 Å². The number of hydrogen-bond acceptors (Lipinski definition) is 2. The Morgan fingerprint density at radius 2 is 2.03 bits per heavy atom. The number of likely N-dealkylation sites (tertiary alicyclic amines) is 1. The number of benzene rings is 1. The van der Waals surface area contributed by atoms with Gasteiger partial charge in [-0.3, -0.25) is 4.79 Å². The summed E-state index contributed by atoms with van der Waals surface area (Å²) in [5, 5.41) is 3.22. The second kappa shape index (κ2) is 11.9. The minimum Gasteiger partial charge on any atom is -0.370 e. The summed E-state index contributed by atoms with van der Waals surface area (Å²) in [7, 11) is 0. The minimum absolute atomic E-state index is 0. The summed E-state index contributed by atoms with van der Waals surface area (Å²) in [5.41, 5.74) is 5.12. The average Bonchev–Trinajstić information content (AvgIpc) is 2.63. The lowest BCUT2D eigenvalue weighted by Gasteiger charge is -2.34. The molecule has 1 saturated heterocycles. The van der Waals surface area contributed by atoms with Gasteiger partial charge in [-0.25, -0.2) is 4.99 Å². The van der Waals surface area contributed by atoms with Crippen LogP contribution in [-0.4, -0.2) is 42.9 Å². The van der Waals surface area contributed by atoms with Crippen molar-refractivity contribution in [3.63, 3.8) is 0 Å². The van der Waals surface area contributed by atoms with Gasteiger partial charge in [0.25, 0.3) is 0 Å². The van der Waals surface area contributed by atoms with Gasteiger partial charge in [0.1, 0.15) is 6.54 Å². The topological polar surface area (TPSA) is 70.7 Å². The molecule has 1 amide bonds. The third-order valence-corrected chi connectivity index (χ3v) is 4.40. The predicted octanol–water partition coefficient (Wildman–Crippen LogP) is 3.23. The van der Waals surface area contributed by atoms with E-state index in [-0.39, 0.29) is 42.3 Å². The molecule has 9 heteroatoms. The van der Waals surface area contributed by atoms with E-state index in [1.54, 1.807) is 0 Å². The highest BCUT2D eigenvalue weighted by Gasteiger charge is 2.29. The molecule has 1 aliphatic heterocycles. The first-order valence-corrected chi connectivity index (χ1v) is 9.27. The fraction of sp³-hybridized carbons (Fsp3) is 0.500. The van der Waals surface area contributed by atoms with Crippen molar-refractivity contribution < 1.29 is 18.0 Å². The van der Waals surface area contributed by atoms with Crippen molar-refractivity contribution in [3.8, 4) is 11.8 Å². The van der Waals surface area contributed by atoms with E-state index in [1.807, 2.05) is 6.92 Å². The Balaban J connectivity index is 0.00000420. The van der Waals surface area contributed by atoms with Gasteiger partial charge < -0.3 is 16.0 Å². The van der Waals surface area contributed by atoms with Crippen LogP contribution in [0.1, 0.15) is 37.3 Å². The number of alkyl halides is 3. The van der Waals surface area contributed by atoms with Crippen LogP contribution in [-0.2, 0) is 11.0 Å². The van der Waals surface area contributed by atoms with Crippen LogP contribution in [0, 0.1) is 17.8 Å². The molecule has 1 aromatic rings. The number of nitrogens with two attached hydrogens (primary N) is 1. The third kappa shape index (κ3) is 8.51. The third-order valence-electron chi connectivity index (χ3n) is 4.40. The number of amides is 1. The summed E-state index contributed by atoms with van der Waals surface area (Å²) < 4.78 is 37.7. The smallest absolute Gasteiger partial charge is 0.370 e. The Hall–Kier alpha value is -1.96. The number of nitrogens with one attached hydrogen (secondary N) is 1. The van der Waals surface area contributed by atoms with Crippen LogP contribution in [0.4, 0.5) is 13.2 Å². The largest absolute Gasteiger partial charge is 0.416 e. The van der Waals surface area contributed by atoms with Gasteiger partial charge in [-0.1, -0.05) is 11.8 Å². The first kappa shape index (κ1) is 25.1. The van der Waals surface area contributed by atoms with E-state index >= 15 is 0 Å². The van der Waals surface area contributed by atoms with E-state index in [1.165, 1.54) is 12.1 Å². The summed E-state index contributed by atoms with van der Waals surface area (Å²) in [6, 6.07) is 4.74.